The van der Waals surface area contributed by atoms with Crippen molar-refractivity contribution in [3.63, 3.8) is 0 Å². The summed E-state index contributed by atoms with van der Waals surface area (Å²) in [4.78, 5) is 6.94. The second-order valence-corrected chi connectivity index (χ2v) is 10.7. The SMILES string of the molecule is CCc1ccc(N(Cc2cccc(Cl)c2)C2=N[C@@H]3CS(=O)(=O)C[C@@H]3S2)cc1. The van der Waals surface area contributed by atoms with Crippen molar-refractivity contribution in [2.24, 2.45) is 4.99 Å². The lowest BCUT2D eigenvalue weighted by Gasteiger charge is -2.25. The highest BCUT2D eigenvalue weighted by atomic mass is 35.5. The fraction of sp³-hybridized carbons (Fsp3) is 0.350. The van der Waals surface area contributed by atoms with E-state index in [1.54, 1.807) is 11.8 Å². The average molecular weight is 421 g/mol. The van der Waals surface area contributed by atoms with Gasteiger partial charge in [0.25, 0.3) is 0 Å². The van der Waals surface area contributed by atoms with Gasteiger partial charge in [-0.2, -0.15) is 0 Å². The maximum atomic E-state index is 11.9. The normalized spacial score (nSPS) is 23.1. The van der Waals surface area contributed by atoms with Crippen LogP contribution < -0.4 is 4.90 Å². The quantitative estimate of drug-likeness (QED) is 0.744. The summed E-state index contributed by atoms with van der Waals surface area (Å²) in [7, 11) is -2.96. The number of thioether (sulfide) groups is 1. The highest BCUT2D eigenvalue weighted by Gasteiger charge is 2.44. The Morgan fingerprint density at radius 2 is 1.93 bits per heavy atom. The van der Waals surface area contributed by atoms with Crippen LogP contribution in [0.2, 0.25) is 5.02 Å². The minimum Gasteiger partial charge on any atom is -0.317 e. The van der Waals surface area contributed by atoms with Gasteiger partial charge in [0.1, 0.15) is 0 Å². The number of hydrogen-bond acceptors (Lipinski definition) is 5. The fourth-order valence-electron chi connectivity index (χ4n) is 3.47. The van der Waals surface area contributed by atoms with Gasteiger partial charge in [0.15, 0.2) is 15.0 Å². The number of amidine groups is 1. The molecule has 2 atom stereocenters. The summed E-state index contributed by atoms with van der Waals surface area (Å²) in [6.07, 6.45) is 0.992. The van der Waals surface area contributed by atoms with Crippen molar-refractivity contribution in [2.45, 2.75) is 31.2 Å². The topological polar surface area (TPSA) is 49.7 Å². The third kappa shape index (κ3) is 4.18. The number of fused-ring (bicyclic) bond motifs is 1. The highest BCUT2D eigenvalue weighted by molar-refractivity contribution is 8.15. The standard InChI is InChI=1S/C20H21ClN2O2S2/c1-2-14-6-8-17(9-7-14)23(11-15-4-3-5-16(21)10-15)20-22-18-12-27(24,25)13-19(18)26-20/h3-10,18-19H,2,11-13H2,1H3/t18-,19+/m1/s1. The fourth-order valence-corrected chi connectivity index (χ4v) is 7.46. The van der Waals surface area contributed by atoms with Crippen molar-refractivity contribution in [1.29, 1.82) is 0 Å². The maximum Gasteiger partial charge on any atom is 0.164 e. The number of aliphatic imine (C=N–C) groups is 1. The molecule has 2 aromatic carbocycles. The number of nitrogens with zero attached hydrogens (tertiary/aromatic N) is 2. The molecular formula is C20H21ClN2O2S2. The van der Waals surface area contributed by atoms with Crippen LogP contribution in [0, 0.1) is 0 Å². The first kappa shape index (κ1) is 18.8. The number of sulfone groups is 1. The molecule has 0 saturated carbocycles. The number of benzene rings is 2. The van der Waals surface area contributed by atoms with E-state index in [-0.39, 0.29) is 22.8 Å². The van der Waals surface area contributed by atoms with Crippen molar-refractivity contribution < 1.29 is 8.42 Å². The van der Waals surface area contributed by atoms with E-state index < -0.39 is 9.84 Å². The molecule has 2 aliphatic rings. The van der Waals surface area contributed by atoms with Crippen LogP contribution in [-0.4, -0.2) is 36.4 Å². The molecule has 0 unspecified atom stereocenters. The second-order valence-electron chi connectivity index (χ2n) is 6.95. The number of halogens is 1. The summed E-state index contributed by atoms with van der Waals surface area (Å²) in [5.41, 5.74) is 3.43. The lowest BCUT2D eigenvalue weighted by molar-refractivity contribution is 0.601. The van der Waals surface area contributed by atoms with E-state index in [1.807, 2.05) is 24.3 Å². The largest absolute Gasteiger partial charge is 0.317 e. The average Bonchev–Trinajstić information content (AvgIpc) is 3.13. The van der Waals surface area contributed by atoms with Crippen LogP contribution in [0.4, 0.5) is 5.69 Å². The molecule has 2 aromatic rings. The van der Waals surface area contributed by atoms with Crippen molar-refractivity contribution >= 4 is 44.1 Å². The Hall–Kier alpha value is -1.50. The first-order valence-corrected chi connectivity index (χ1v) is 12.1. The number of hydrogen-bond donors (Lipinski definition) is 0. The lowest BCUT2D eigenvalue weighted by Crippen LogP contribution is -2.28. The maximum absolute atomic E-state index is 11.9. The van der Waals surface area contributed by atoms with Crippen molar-refractivity contribution in [1.82, 2.24) is 0 Å². The van der Waals surface area contributed by atoms with Gasteiger partial charge in [-0.1, -0.05) is 54.6 Å². The summed E-state index contributed by atoms with van der Waals surface area (Å²) >= 11 is 7.75. The van der Waals surface area contributed by atoms with Crippen LogP contribution in [0.1, 0.15) is 18.1 Å². The zero-order chi connectivity index (χ0) is 19.0. The van der Waals surface area contributed by atoms with E-state index in [1.165, 1.54) is 5.56 Å². The Kier molecular flexibility index (Phi) is 5.23. The third-order valence-electron chi connectivity index (χ3n) is 4.92. The van der Waals surface area contributed by atoms with Crippen LogP contribution in [0.15, 0.2) is 53.5 Å². The predicted molar refractivity (Wildman–Crippen MR) is 115 cm³/mol. The molecule has 27 heavy (non-hydrogen) atoms. The second kappa shape index (κ2) is 7.49. The summed E-state index contributed by atoms with van der Waals surface area (Å²) < 4.78 is 23.8. The molecule has 0 amide bonds. The molecule has 0 bridgehead atoms. The van der Waals surface area contributed by atoms with Gasteiger partial charge in [-0.25, -0.2) is 8.42 Å². The van der Waals surface area contributed by atoms with Gasteiger partial charge in [-0.15, -0.1) is 0 Å². The third-order valence-corrected chi connectivity index (χ3v) is 8.40. The summed E-state index contributed by atoms with van der Waals surface area (Å²) in [5, 5.41) is 1.63. The van der Waals surface area contributed by atoms with Gasteiger partial charge in [-0.3, -0.25) is 4.99 Å². The van der Waals surface area contributed by atoms with Gasteiger partial charge in [0.2, 0.25) is 0 Å². The molecule has 4 nitrogen and oxygen atoms in total. The van der Waals surface area contributed by atoms with Crippen LogP contribution in [-0.2, 0) is 22.8 Å². The first-order valence-electron chi connectivity index (χ1n) is 8.99. The summed E-state index contributed by atoms with van der Waals surface area (Å²) in [5.74, 6) is 0.378. The minimum atomic E-state index is -2.96. The highest BCUT2D eigenvalue weighted by Crippen LogP contribution is 2.37. The Morgan fingerprint density at radius 1 is 1.15 bits per heavy atom. The monoisotopic (exact) mass is 420 g/mol. The number of anilines is 1. The number of rotatable bonds is 4. The van der Waals surface area contributed by atoms with Gasteiger partial charge >= 0.3 is 0 Å². The van der Waals surface area contributed by atoms with Crippen molar-refractivity contribution in [3.8, 4) is 0 Å². The molecule has 1 saturated heterocycles. The van der Waals surface area contributed by atoms with Gasteiger partial charge in [0.05, 0.1) is 24.1 Å². The van der Waals surface area contributed by atoms with Gasteiger partial charge in [-0.05, 0) is 41.8 Å². The van der Waals surface area contributed by atoms with E-state index in [0.29, 0.717) is 11.6 Å². The molecule has 0 radical (unpaired) electrons. The molecule has 1 fully saturated rings. The molecule has 7 heteroatoms. The summed E-state index contributed by atoms with van der Waals surface area (Å²) in [6.45, 7) is 2.78. The van der Waals surface area contributed by atoms with Crippen LogP contribution in [0.5, 0.6) is 0 Å². The first-order chi connectivity index (χ1) is 12.9. The zero-order valence-electron chi connectivity index (χ0n) is 15.0. The molecule has 0 spiro atoms. The van der Waals surface area contributed by atoms with E-state index in [0.717, 1.165) is 22.8 Å². The molecule has 4 rings (SSSR count). The van der Waals surface area contributed by atoms with Gasteiger partial charge < -0.3 is 4.90 Å². The number of aryl methyl sites for hydroxylation is 1. The molecule has 2 heterocycles. The van der Waals surface area contributed by atoms with E-state index >= 15 is 0 Å². The summed E-state index contributed by atoms with van der Waals surface area (Å²) in [6, 6.07) is 16.2. The minimum absolute atomic E-state index is 0.0294. The molecule has 2 aliphatic heterocycles. The van der Waals surface area contributed by atoms with E-state index in [9.17, 15) is 8.42 Å². The lowest BCUT2D eigenvalue weighted by atomic mass is 10.1. The van der Waals surface area contributed by atoms with Crippen molar-refractivity contribution in [3.05, 3.63) is 64.7 Å². The van der Waals surface area contributed by atoms with Crippen LogP contribution in [0.25, 0.3) is 0 Å². The molecular weight excluding hydrogens is 400 g/mol. The van der Waals surface area contributed by atoms with Crippen molar-refractivity contribution in [2.75, 3.05) is 16.4 Å². The van der Waals surface area contributed by atoms with E-state index in [4.69, 9.17) is 16.6 Å². The molecule has 0 aliphatic carbocycles. The Labute approximate surface area is 169 Å². The molecule has 142 valence electrons. The Bertz CT molecular complexity index is 974. The Morgan fingerprint density at radius 3 is 2.59 bits per heavy atom. The predicted octanol–water partition coefficient (Wildman–Crippen LogP) is 4.18. The molecule has 0 aromatic heterocycles. The zero-order valence-corrected chi connectivity index (χ0v) is 17.4. The Balaban J connectivity index is 1.66. The molecule has 0 N–H and O–H groups in total. The smallest absolute Gasteiger partial charge is 0.164 e. The van der Waals surface area contributed by atoms with Gasteiger partial charge in [0, 0.05) is 16.0 Å². The van der Waals surface area contributed by atoms with Crippen LogP contribution >= 0.6 is 23.4 Å². The van der Waals surface area contributed by atoms with Crippen LogP contribution in [0.3, 0.4) is 0 Å². The van der Waals surface area contributed by atoms with E-state index in [2.05, 4.69) is 36.1 Å².